The van der Waals surface area contributed by atoms with Crippen LogP contribution in [0.15, 0.2) is 42.5 Å². The quantitative estimate of drug-likeness (QED) is 0.908. The number of halogens is 2. The van der Waals surface area contributed by atoms with Gasteiger partial charge in [0.1, 0.15) is 5.82 Å². The number of methoxy groups -OCH3 is 1. The molecule has 0 fully saturated rings. The minimum atomic E-state index is -1.23. The molecule has 0 aliphatic carbocycles. The van der Waals surface area contributed by atoms with Gasteiger partial charge >= 0.3 is 0 Å². The molecule has 0 aliphatic rings. The van der Waals surface area contributed by atoms with E-state index in [1.165, 1.54) is 31.4 Å². The number of ether oxygens (including phenoxy) is 1. The predicted octanol–water partition coefficient (Wildman–Crippen LogP) is 3.81. The van der Waals surface area contributed by atoms with E-state index in [-0.39, 0.29) is 12.2 Å². The molecule has 2 nitrogen and oxygen atoms in total. The van der Waals surface area contributed by atoms with E-state index in [4.69, 9.17) is 4.74 Å². The molecule has 2 rings (SSSR count). The van der Waals surface area contributed by atoms with E-state index in [0.29, 0.717) is 17.5 Å². The zero-order valence-corrected chi connectivity index (χ0v) is 12.1. The molecule has 0 heterocycles. The highest BCUT2D eigenvalue weighted by Crippen LogP contribution is 2.31. The molecule has 0 bridgehead atoms. The van der Waals surface area contributed by atoms with Gasteiger partial charge in [-0.2, -0.15) is 0 Å². The summed E-state index contributed by atoms with van der Waals surface area (Å²) < 4.78 is 31.9. The van der Waals surface area contributed by atoms with Crippen molar-refractivity contribution in [3.8, 4) is 5.75 Å². The fraction of sp³-hybridized carbons (Fsp3) is 0.294. The molecule has 2 aromatic rings. The Labute approximate surface area is 123 Å². The van der Waals surface area contributed by atoms with Crippen molar-refractivity contribution in [2.24, 2.45) is 0 Å². The van der Waals surface area contributed by atoms with E-state index < -0.39 is 17.2 Å². The van der Waals surface area contributed by atoms with Crippen LogP contribution in [0, 0.1) is 11.6 Å². The Hall–Kier alpha value is -1.94. The number of hydrogen-bond acceptors (Lipinski definition) is 2. The summed E-state index contributed by atoms with van der Waals surface area (Å²) in [5, 5.41) is 10.8. The van der Waals surface area contributed by atoms with Gasteiger partial charge in [0, 0.05) is 6.42 Å². The Bertz CT molecular complexity index is 628. The molecule has 0 saturated heterocycles. The van der Waals surface area contributed by atoms with Crippen molar-refractivity contribution in [2.45, 2.75) is 25.4 Å². The first-order chi connectivity index (χ1) is 9.98. The second-order valence-electron chi connectivity index (χ2n) is 5.04. The van der Waals surface area contributed by atoms with Gasteiger partial charge in [0.15, 0.2) is 11.6 Å². The molecule has 1 atom stereocenters. The van der Waals surface area contributed by atoms with Crippen LogP contribution >= 0.6 is 0 Å². The van der Waals surface area contributed by atoms with E-state index in [0.717, 1.165) is 0 Å². The van der Waals surface area contributed by atoms with E-state index in [2.05, 4.69) is 0 Å². The largest absolute Gasteiger partial charge is 0.494 e. The van der Waals surface area contributed by atoms with Crippen LogP contribution in [0.4, 0.5) is 8.78 Å². The lowest BCUT2D eigenvalue weighted by atomic mass is 9.85. The lowest BCUT2D eigenvalue weighted by Crippen LogP contribution is -2.27. The number of benzene rings is 2. The Morgan fingerprint density at radius 3 is 2.48 bits per heavy atom. The van der Waals surface area contributed by atoms with Gasteiger partial charge in [-0.05, 0) is 41.8 Å². The zero-order chi connectivity index (χ0) is 15.5. The minimum absolute atomic E-state index is 0.157. The molecular formula is C17H18F2O2. The molecule has 0 aromatic heterocycles. The molecule has 0 spiro atoms. The lowest BCUT2D eigenvalue weighted by Gasteiger charge is -2.27. The van der Waals surface area contributed by atoms with E-state index in [1.807, 2.05) is 6.92 Å². The van der Waals surface area contributed by atoms with Crippen molar-refractivity contribution >= 4 is 0 Å². The van der Waals surface area contributed by atoms with Crippen LogP contribution in [0.25, 0.3) is 0 Å². The standard InChI is InChI=1S/C17H18F2O2/c1-3-17(20,13-5-4-6-14(18)10-13)11-12-7-8-16(21-2)15(19)9-12/h4-10,20H,3,11H2,1-2H3. The molecule has 1 unspecified atom stereocenters. The van der Waals surface area contributed by atoms with Gasteiger partial charge in [0.2, 0.25) is 0 Å². The lowest BCUT2D eigenvalue weighted by molar-refractivity contribution is 0.0323. The van der Waals surface area contributed by atoms with Crippen LogP contribution in [0.5, 0.6) is 5.75 Å². The highest BCUT2D eigenvalue weighted by molar-refractivity contribution is 5.32. The van der Waals surface area contributed by atoms with Crippen molar-refractivity contribution < 1.29 is 18.6 Å². The average molecular weight is 292 g/mol. The second kappa shape index (κ2) is 6.22. The number of aliphatic hydroxyl groups is 1. The van der Waals surface area contributed by atoms with Crippen molar-refractivity contribution in [2.75, 3.05) is 7.11 Å². The van der Waals surface area contributed by atoms with Crippen LogP contribution < -0.4 is 4.74 Å². The zero-order valence-electron chi connectivity index (χ0n) is 12.1. The van der Waals surface area contributed by atoms with Gasteiger partial charge in [-0.25, -0.2) is 8.78 Å². The maximum atomic E-state index is 13.7. The molecule has 1 N–H and O–H groups in total. The summed E-state index contributed by atoms with van der Waals surface area (Å²) in [4.78, 5) is 0. The maximum absolute atomic E-state index is 13.7. The summed E-state index contributed by atoms with van der Waals surface area (Å²) in [6, 6.07) is 10.4. The van der Waals surface area contributed by atoms with Gasteiger partial charge in [0.25, 0.3) is 0 Å². The van der Waals surface area contributed by atoms with Crippen molar-refractivity contribution in [1.29, 1.82) is 0 Å². The van der Waals surface area contributed by atoms with E-state index in [9.17, 15) is 13.9 Å². The molecule has 2 aromatic carbocycles. The molecule has 0 radical (unpaired) electrons. The Balaban J connectivity index is 2.32. The fourth-order valence-corrected chi connectivity index (χ4v) is 2.37. The molecule has 0 amide bonds. The first kappa shape index (κ1) is 15.4. The maximum Gasteiger partial charge on any atom is 0.165 e. The van der Waals surface area contributed by atoms with E-state index in [1.54, 1.807) is 18.2 Å². The second-order valence-corrected chi connectivity index (χ2v) is 5.04. The molecule has 112 valence electrons. The Kier molecular flexibility index (Phi) is 4.58. The monoisotopic (exact) mass is 292 g/mol. The highest BCUT2D eigenvalue weighted by Gasteiger charge is 2.28. The van der Waals surface area contributed by atoms with Crippen LogP contribution in [-0.2, 0) is 12.0 Å². The van der Waals surface area contributed by atoms with Crippen LogP contribution in [0.3, 0.4) is 0 Å². The normalized spacial score (nSPS) is 13.8. The summed E-state index contributed by atoms with van der Waals surface area (Å²) >= 11 is 0. The predicted molar refractivity (Wildman–Crippen MR) is 77.2 cm³/mol. The van der Waals surface area contributed by atoms with Gasteiger partial charge in [0.05, 0.1) is 12.7 Å². The summed E-state index contributed by atoms with van der Waals surface area (Å²) in [5.41, 5.74) is -0.119. The SMILES string of the molecule is CCC(O)(Cc1ccc(OC)c(F)c1)c1cccc(F)c1. The van der Waals surface area contributed by atoms with Gasteiger partial charge in [-0.1, -0.05) is 25.1 Å². The van der Waals surface area contributed by atoms with Gasteiger partial charge < -0.3 is 9.84 Å². The topological polar surface area (TPSA) is 29.5 Å². The summed E-state index contributed by atoms with van der Waals surface area (Å²) in [7, 11) is 1.40. The molecule has 0 saturated carbocycles. The smallest absolute Gasteiger partial charge is 0.165 e. The highest BCUT2D eigenvalue weighted by atomic mass is 19.1. The minimum Gasteiger partial charge on any atom is -0.494 e. The average Bonchev–Trinajstić information content (AvgIpc) is 2.47. The summed E-state index contributed by atoms with van der Waals surface area (Å²) in [5.74, 6) is -0.725. The Morgan fingerprint density at radius 2 is 1.90 bits per heavy atom. The molecule has 21 heavy (non-hydrogen) atoms. The van der Waals surface area contributed by atoms with Crippen LogP contribution in [0.1, 0.15) is 24.5 Å². The number of rotatable bonds is 5. The molecule has 4 heteroatoms. The van der Waals surface area contributed by atoms with Gasteiger partial charge in [-0.15, -0.1) is 0 Å². The van der Waals surface area contributed by atoms with Gasteiger partial charge in [-0.3, -0.25) is 0 Å². The first-order valence-corrected chi connectivity index (χ1v) is 6.79. The number of hydrogen-bond donors (Lipinski definition) is 1. The van der Waals surface area contributed by atoms with E-state index >= 15 is 0 Å². The Morgan fingerprint density at radius 1 is 1.14 bits per heavy atom. The van der Waals surface area contributed by atoms with Crippen molar-refractivity contribution in [3.05, 3.63) is 65.2 Å². The molecular weight excluding hydrogens is 274 g/mol. The van der Waals surface area contributed by atoms with Crippen LogP contribution in [0.2, 0.25) is 0 Å². The fourth-order valence-electron chi connectivity index (χ4n) is 2.37. The third-order valence-corrected chi connectivity index (χ3v) is 3.66. The first-order valence-electron chi connectivity index (χ1n) is 6.79. The van der Waals surface area contributed by atoms with Crippen molar-refractivity contribution in [3.63, 3.8) is 0 Å². The summed E-state index contributed by atoms with van der Waals surface area (Å²) in [6.45, 7) is 1.81. The summed E-state index contributed by atoms with van der Waals surface area (Å²) in [6.07, 6.45) is 0.595. The third kappa shape index (κ3) is 3.39. The third-order valence-electron chi connectivity index (χ3n) is 3.66. The molecule has 0 aliphatic heterocycles. The van der Waals surface area contributed by atoms with Crippen LogP contribution in [-0.4, -0.2) is 12.2 Å². The van der Waals surface area contributed by atoms with Crippen molar-refractivity contribution in [1.82, 2.24) is 0 Å².